The van der Waals surface area contributed by atoms with Crippen molar-refractivity contribution in [3.8, 4) is 11.5 Å². The Hall–Kier alpha value is -3.07. The third kappa shape index (κ3) is 3.91. The molecule has 1 aromatic heterocycles. The molecule has 1 saturated heterocycles. The molecular weight excluding hydrogens is 394 g/mol. The average molecular weight is 417 g/mol. The van der Waals surface area contributed by atoms with Crippen LogP contribution in [0.25, 0.3) is 0 Å². The van der Waals surface area contributed by atoms with E-state index in [1.165, 1.54) is 23.3 Å². The van der Waals surface area contributed by atoms with Crippen molar-refractivity contribution in [3.05, 3.63) is 34.2 Å². The minimum Gasteiger partial charge on any atom is -0.497 e. The molecule has 154 valence electrons. The van der Waals surface area contributed by atoms with Crippen molar-refractivity contribution < 1.29 is 23.9 Å². The standard InChI is InChI=1S/C20H23N3O5S/c1-10-11(2)29-20(17(10)18(21)25)22-19(26)12-7-16(24)23(9-12)14-6-5-13(27-3)8-15(14)28-4/h5-6,8,12H,7,9H2,1-4H3,(H2,21,25)(H,22,26). The summed E-state index contributed by atoms with van der Waals surface area (Å²) in [5.41, 5.74) is 7.11. The molecule has 1 aliphatic heterocycles. The van der Waals surface area contributed by atoms with E-state index >= 15 is 0 Å². The highest BCUT2D eigenvalue weighted by Gasteiger charge is 2.37. The molecule has 1 fully saturated rings. The Balaban J connectivity index is 1.80. The minimum absolute atomic E-state index is 0.0657. The zero-order valence-corrected chi connectivity index (χ0v) is 17.5. The second kappa shape index (κ2) is 8.12. The third-order valence-corrected chi connectivity index (χ3v) is 6.16. The summed E-state index contributed by atoms with van der Waals surface area (Å²) in [7, 11) is 3.06. The van der Waals surface area contributed by atoms with Crippen LogP contribution in [0.3, 0.4) is 0 Å². The number of benzene rings is 1. The Bertz CT molecular complexity index is 985. The predicted molar refractivity (Wildman–Crippen MR) is 111 cm³/mol. The normalized spacial score (nSPS) is 16.1. The first-order valence-corrected chi connectivity index (χ1v) is 9.81. The maximum atomic E-state index is 12.8. The van der Waals surface area contributed by atoms with Gasteiger partial charge in [-0.2, -0.15) is 0 Å². The predicted octanol–water partition coefficient (Wildman–Crippen LogP) is 2.47. The van der Waals surface area contributed by atoms with Crippen molar-refractivity contribution in [3.63, 3.8) is 0 Å². The number of nitrogens with zero attached hydrogens (tertiary/aromatic N) is 1. The van der Waals surface area contributed by atoms with Crippen molar-refractivity contribution in [1.29, 1.82) is 0 Å². The van der Waals surface area contributed by atoms with Crippen molar-refractivity contribution in [2.75, 3.05) is 31.0 Å². The van der Waals surface area contributed by atoms with Crippen molar-refractivity contribution >= 4 is 39.7 Å². The van der Waals surface area contributed by atoms with Crippen molar-refractivity contribution in [2.45, 2.75) is 20.3 Å². The van der Waals surface area contributed by atoms with Gasteiger partial charge in [0, 0.05) is 23.9 Å². The number of aryl methyl sites for hydroxylation is 1. The molecule has 0 bridgehead atoms. The molecule has 0 aliphatic carbocycles. The number of thiophene rings is 1. The summed E-state index contributed by atoms with van der Waals surface area (Å²) in [5, 5.41) is 3.21. The molecule has 9 heteroatoms. The fourth-order valence-electron chi connectivity index (χ4n) is 3.35. The molecule has 2 aromatic rings. The van der Waals surface area contributed by atoms with E-state index < -0.39 is 11.8 Å². The molecule has 0 spiro atoms. The number of primary amides is 1. The molecule has 0 radical (unpaired) electrons. The van der Waals surface area contributed by atoms with Crippen LogP contribution < -0.4 is 25.4 Å². The van der Waals surface area contributed by atoms with Gasteiger partial charge in [0.05, 0.1) is 31.4 Å². The van der Waals surface area contributed by atoms with Gasteiger partial charge in [0.1, 0.15) is 16.5 Å². The summed E-state index contributed by atoms with van der Waals surface area (Å²) in [6.45, 7) is 3.86. The Morgan fingerprint density at radius 1 is 1.24 bits per heavy atom. The average Bonchev–Trinajstić information content (AvgIpc) is 3.20. The van der Waals surface area contributed by atoms with Gasteiger partial charge in [-0.25, -0.2) is 0 Å². The maximum Gasteiger partial charge on any atom is 0.251 e. The number of nitrogens with one attached hydrogen (secondary N) is 1. The van der Waals surface area contributed by atoms with Crippen LogP contribution in [-0.2, 0) is 9.59 Å². The smallest absolute Gasteiger partial charge is 0.251 e. The molecule has 1 unspecified atom stereocenters. The highest BCUT2D eigenvalue weighted by molar-refractivity contribution is 7.16. The van der Waals surface area contributed by atoms with Gasteiger partial charge in [-0.15, -0.1) is 11.3 Å². The van der Waals surface area contributed by atoms with E-state index in [-0.39, 0.29) is 24.8 Å². The third-order valence-electron chi connectivity index (χ3n) is 5.04. The van der Waals surface area contributed by atoms with Crippen LogP contribution in [0.5, 0.6) is 11.5 Å². The maximum absolute atomic E-state index is 12.8. The van der Waals surface area contributed by atoms with Crippen LogP contribution in [0.15, 0.2) is 18.2 Å². The number of rotatable bonds is 6. The van der Waals surface area contributed by atoms with E-state index in [0.29, 0.717) is 27.8 Å². The summed E-state index contributed by atoms with van der Waals surface area (Å²) < 4.78 is 10.6. The molecule has 3 amide bonds. The van der Waals surface area contributed by atoms with E-state index in [0.717, 1.165) is 10.4 Å². The summed E-state index contributed by atoms with van der Waals surface area (Å²) in [4.78, 5) is 39.6. The number of anilines is 2. The minimum atomic E-state index is -0.589. The van der Waals surface area contributed by atoms with Crippen LogP contribution in [-0.4, -0.2) is 38.5 Å². The summed E-state index contributed by atoms with van der Waals surface area (Å²) in [6, 6.07) is 5.15. The summed E-state index contributed by atoms with van der Waals surface area (Å²) >= 11 is 1.30. The van der Waals surface area contributed by atoms with Crippen LogP contribution >= 0.6 is 11.3 Å². The van der Waals surface area contributed by atoms with Gasteiger partial charge in [0.15, 0.2) is 0 Å². The van der Waals surface area contributed by atoms with E-state index in [1.54, 1.807) is 32.2 Å². The van der Waals surface area contributed by atoms with Gasteiger partial charge >= 0.3 is 0 Å². The van der Waals surface area contributed by atoms with Crippen molar-refractivity contribution in [1.82, 2.24) is 0 Å². The number of hydrogen-bond acceptors (Lipinski definition) is 6. The molecule has 8 nitrogen and oxygen atoms in total. The highest BCUT2D eigenvalue weighted by atomic mass is 32.1. The lowest BCUT2D eigenvalue weighted by molar-refractivity contribution is -0.122. The zero-order chi connectivity index (χ0) is 21.3. The number of carbonyl (C=O) groups excluding carboxylic acids is 3. The number of ether oxygens (including phenoxy) is 2. The van der Waals surface area contributed by atoms with Gasteiger partial charge in [0.25, 0.3) is 5.91 Å². The molecule has 3 N–H and O–H groups in total. The van der Waals surface area contributed by atoms with Gasteiger partial charge < -0.3 is 25.4 Å². The molecule has 3 rings (SSSR count). The topological polar surface area (TPSA) is 111 Å². The first kappa shape index (κ1) is 20.7. The first-order valence-electron chi connectivity index (χ1n) is 8.99. The molecule has 29 heavy (non-hydrogen) atoms. The van der Waals surface area contributed by atoms with E-state index in [4.69, 9.17) is 15.2 Å². The van der Waals surface area contributed by atoms with Gasteiger partial charge in [-0.05, 0) is 31.5 Å². The molecule has 1 aromatic carbocycles. The fourth-order valence-corrected chi connectivity index (χ4v) is 4.42. The number of methoxy groups -OCH3 is 2. The van der Waals surface area contributed by atoms with Gasteiger partial charge in [0.2, 0.25) is 11.8 Å². The summed E-state index contributed by atoms with van der Waals surface area (Å²) in [5.74, 6) is -0.556. The summed E-state index contributed by atoms with van der Waals surface area (Å²) in [6.07, 6.45) is 0.0657. The Kier molecular flexibility index (Phi) is 5.78. The van der Waals surface area contributed by atoms with Gasteiger partial charge in [-0.1, -0.05) is 0 Å². The SMILES string of the molecule is COc1ccc(N2CC(C(=O)Nc3sc(C)c(C)c3C(N)=O)CC2=O)c(OC)c1. The molecule has 1 atom stereocenters. The quantitative estimate of drug-likeness (QED) is 0.750. The Morgan fingerprint density at radius 2 is 1.97 bits per heavy atom. The number of amides is 3. The fraction of sp³-hybridized carbons (Fsp3) is 0.350. The lowest BCUT2D eigenvalue weighted by atomic mass is 10.1. The molecular formula is C20H23N3O5S. The number of carbonyl (C=O) groups is 3. The molecule has 0 saturated carbocycles. The lowest BCUT2D eigenvalue weighted by Crippen LogP contribution is -2.28. The largest absolute Gasteiger partial charge is 0.497 e. The van der Waals surface area contributed by atoms with Crippen LogP contribution in [0.2, 0.25) is 0 Å². The Labute approximate surface area is 172 Å². The first-order chi connectivity index (χ1) is 13.8. The van der Waals surface area contributed by atoms with Crippen molar-refractivity contribution in [2.24, 2.45) is 11.7 Å². The monoisotopic (exact) mass is 417 g/mol. The van der Waals surface area contributed by atoms with E-state index in [1.807, 2.05) is 6.92 Å². The van der Waals surface area contributed by atoms with Crippen LogP contribution in [0.1, 0.15) is 27.2 Å². The second-order valence-electron chi connectivity index (χ2n) is 6.78. The number of nitrogens with two attached hydrogens (primary N) is 1. The molecule has 2 heterocycles. The lowest BCUT2D eigenvalue weighted by Gasteiger charge is -2.20. The Morgan fingerprint density at radius 3 is 2.59 bits per heavy atom. The van der Waals surface area contributed by atoms with E-state index in [9.17, 15) is 14.4 Å². The van der Waals surface area contributed by atoms with E-state index in [2.05, 4.69) is 5.32 Å². The van der Waals surface area contributed by atoms with Gasteiger partial charge in [-0.3, -0.25) is 14.4 Å². The molecule has 1 aliphatic rings. The second-order valence-corrected chi connectivity index (χ2v) is 8.01. The number of hydrogen-bond donors (Lipinski definition) is 2. The van der Waals surface area contributed by atoms with Crippen LogP contribution in [0, 0.1) is 19.8 Å². The zero-order valence-electron chi connectivity index (χ0n) is 16.7. The highest BCUT2D eigenvalue weighted by Crippen LogP contribution is 2.37. The van der Waals surface area contributed by atoms with Crippen LogP contribution in [0.4, 0.5) is 10.7 Å².